The Bertz CT molecular complexity index is 174. The fraction of sp³-hybridized carbons (Fsp3) is 0.500. The van der Waals surface area contributed by atoms with E-state index in [1.165, 1.54) is 0 Å². The molecule has 0 saturated heterocycles. The molecule has 0 aromatic heterocycles. The highest BCUT2D eigenvalue weighted by Crippen LogP contribution is 1.88. The van der Waals surface area contributed by atoms with Crippen molar-refractivity contribution in [3.05, 3.63) is 12.7 Å². The number of hydrogen-bond acceptors (Lipinski definition) is 4. The molecule has 0 spiro atoms. The van der Waals surface area contributed by atoms with Crippen molar-refractivity contribution in [3.8, 4) is 0 Å². The standard InChI is InChI=1S/C8H12O4/c1-3-7(9)12-6-5-8(10)11-4-2/h3H,1,4-6H2,2H3. The number of esters is 2. The van der Waals surface area contributed by atoms with E-state index in [0.717, 1.165) is 6.08 Å². The van der Waals surface area contributed by atoms with Crippen LogP contribution in [0.15, 0.2) is 12.7 Å². The van der Waals surface area contributed by atoms with E-state index in [2.05, 4.69) is 16.1 Å². The van der Waals surface area contributed by atoms with E-state index in [-0.39, 0.29) is 19.0 Å². The Balaban J connectivity index is 3.36. The molecule has 0 bridgehead atoms. The molecular weight excluding hydrogens is 160 g/mol. The van der Waals surface area contributed by atoms with Crippen molar-refractivity contribution >= 4 is 11.9 Å². The molecular formula is C8H12O4. The Hall–Kier alpha value is -1.32. The molecule has 12 heavy (non-hydrogen) atoms. The lowest BCUT2D eigenvalue weighted by atomic mass is 10.4. The average Bonchev–Trinajstić information content (AvgIpc) is 2.04. The Morgan fingerprint density at radius 2 is 2.08 bits per heavy atom. The fourth-order valence-electron chi connectivity index (χ4n) is 0.527. The first-order valence-electron chi connectivity index (χ1n) is 3.65. The molecule has 68 valence electrons. The lowest BCUT2D eigenvalue weighted by Crippen LogP contribution is -2.10. The first-order valence-corrected chi connectivity index (χ1v) is 3.65. The predicted molar refractivity (Wildman–Crippen MR) is 42.4 cm³/mol. The number of rotatable bonds is 5. The van der Waals surface area contributed by atoms with Gasteiger partial charge in [0.05, 0.1) is 13.0 Å². The molecule has 0 saturated carbocycles. The van der Waals surface area contributed by atoms with Gasteiger partial charge in [-0.15, -0.1) is 0 Å². The van der Waals surface area contributed by atoms with Crippen molar-refractivity contribution in [1.29, 1.82) is 0 Å². The minimum atomic E-state index is -0.528. The van der Waals surface area contributed by atoms with E-state index < -0.39 is 5.97 Å². The molecule has 0 rings (SSSR count). The Kier molecular flexibility index (Phi) is 5.69. The molecule has 0 aromatic carbocycles. The predicted octanol–water partition coefficient (Wildman–Crippen LogP) is 0.669. The molecule has 0 heterocycles. The van der Waals surface area contributed by atoms with Crippen molar-refractivity contribution in [1.82, 2.24) is 0 Å². The number of carbonyl (C=O) groups excluding carboxylic acids is 2. The zero-order valence-electron chi connectivity index (χ0n) is 7.04. The zero-order valence-corrected chi connectivity index (χ0v) is 7.04. The van der Waals surface area contributed by atoms with Crippen LogP contribution in [0.25, 0.3) is 0 Å². The third-order valence-electron chi connectivity index (χ3n) is 1.02. The van der Waals surface area contributed by atoms with Crippen molar-refractivity contribution in [2.45, 2.75) is 13.3 Å². The van der Waals surface area contributed by atoms with Gasteiger partial charge in [-0.1, -0.05) is 6.58 Å². The van der Waals surface area contributed by atoms with Crippen LogP contribution in [0.3, 0.4) is 0 Å². The molecule has 0 aromatic rings. The van der Waals surface area contributed by atoms with Crippen LogP contribution < -0.4 is 0 Å². The highest BCUT2D eigenvalue weighted by Gasteiger charge is 2.02. The van der Waals surface area contributed by atoms with Crippen LogP contribution in [-0.2, 0) is 19.1 Å². The van der Waals surface area contributed by atoms with Crippen molar-refractivity contribution in [3.63, 3.8) is 0 Å². The lowest BCUT2D eigenvalue weighted by Gasteiger charge is -2.01. The van der Waals surface area contributed by atoms with Crippen LogP contribution in [-0.4, -0.2) is 25.2 Å². The zero-order chi connectivity index (χ0) is 9.40. The van der Waals surface area contributed by atoms with E-state index in [4.69, 9.17) is 0 Å². The third kappa shape index (κ3) is 5.46. The summed E-state index contributed by atoms with van der Waals surface area (Å²) in [5.41, 5.74) is 0. The van der Waals surface area contributed by atoms with E-state index in [1.54, 1.807) is 6.92 Å². The lowest BCUT2D eigenvalue weighted by molar-refractivity contribution is -0.146. The van der Waals surface area contributed by atoms with Gasteiger partial charge in [-0.25, -0.2) is 4.79 Å². The second kappa shape index (κ2) is 6.39. The summed E-state index contributed by atoms with van der Waals surface area (Å²) in [6.45, 7) is 5.31. The highest BCUT2D eigenvalue weighted by molar-refractivity contribution is 5.81. The van der Waals surface area contributed by atoms with Crippen molar-refractivity contribution in [2.24, 2.45) is 0 Å². The molecule has 0 N–H and O–H groups in total. The minimum Gasteiger partial charge on any atom is -0.466 e. The molecule has 0 aliphatic rings. The Labute approximate surface area is 71.2 Å². The third-order valence-corrected chi connectivity index (χ3v) is 1.02. The molecule has 0 fully saturated rings. The summed E-state index contributed by atoms with van der Waals surface area (Å²) in [6, 6.07) is 0. The molecule has 0 aliphatic carbocycles. The minimum absolute atomic E-state index is 0.0453. The van der Waals surface area contributed by atoms with Gasteiger partial charge in [0.15, 0.2) is 0 Å². The van der Waals surface area contributed by atoms with Crippen molar-refractivity contribution < 1.29 is 19.1 Å². The fourth-order valence-corrected chi connectivity index (χ4v) is 0.527. The molecule has 4 heteroatoms. The van der Waals surface area contributed by atoms with Crippen LogP contribution in [0.2, 0.25) is 0 Å². The summed E-state index contributed by atoms with van der Waals surface area (Å²) in [6.07, 6.45) is 1.14. The van der Waals surface area contributed by atoms with Crippen LogP contribution in [0.1, 0.15) is 13.3 Å². The quantitative estimate of drug-likeness (QED) is 0.451. The Morgan fingerprint density at radius 1 is 1.42 bits per heavy atom. The molecule has 0 atom stereocenters. The first-order chi connectivity index (χ1) is 5.70. The first kappa shape index (κ1) is 10.7. The van der Waals surface area contributed by atoms with E-state index in [9.17, 15) is 9.59 Å². The normalized spacial score (nSPS) is 8.75. The maximum absolute atomic E-state index is 10.7. The SMILES string of the molecule is C=CC(=O)OCCC(=O)OCC. The Morgan fingerprint density at radius 3 is 2.58 bits per heavy atom. The van der Waals surface area contributed by atoms with Gasteiger partial charge in [0.25, 0.3) is 0 Å². The van der Waals surface area contributed by atoms with Crippen LogP contribution in [0.5, 0.6) is 0 Å². The summed E-state index contributed by atoms with van der Waals surface area (Å²) >= 11 is 0. The maximum Gasteiger partial charge on any atom is 0.330 e. The highest BCUT2D eigenvalue weighted by atomic mass is 16.5. The van der Waals surface area contributed by atoms with Gasteiger partial charge in [-0.05, 0) is 6.92 Å². The van der Waals surface area contributed by atoms with Crippen molar-refractivity contribution in [2.75, 3.05) is 13.2 Å². The number of ether oxygens (including phenoxy) is 2. The van der Waals surface area contributed by atoms with Gasteiger partial charge in [0, 0.05) is 6.08 Å². The van der Waals surface area contributed by atoms with Gasteiger partial charge in [-0.3, -0.25) is 4.79 Å². The van der Waals surface area contributed by atoms with Crippen LogP contribution >= 0.6 is 0 Å². The van der Waals surface area contributed by atoms with Gasteiger partial charge < -0.3 is 9.47 Å². The van der Waals surface area contributed by atoms with Gasteiger partial charge in [0.1, 0.15) is 6.61 Å². The topological polar surface area (TPSA) is 52.6 Å². The molecule has 4 nitrogen and oxygen atoms in total. The van der Waals surface area contributed by atoms with E-state index >= 15 is 0 Å². The molecule has 0 unspecified atom stereocenters. The molecule has 0 aliphatic heterocycles. The van der Waals surface area contributed by atoms with Gasteiger partial charge in [0.2, 0.25) is 0 Å². The van der Waals surface area contributed by atoms with E-state index in [0.29, 0.717) is 6.61 Å². The summed E-state index contributed by atoms with van der Waals surface area (Å²) in [4.78, 5) is 21.1. The smallest absolute Gasteiger partial charge is 0.330 e. The summed E-state index contributed by atoms with van der Waals surface area (Å²) in [5.74, 6) is -0.895. The van der Waals surface area contributed by atoms with Crippen LogP contribution in [0.4, 0.5) is 0 Å². The second-order valence-corrected chi connectivity index (χ2v) is 1.93. The van der Waals surface area contributed by atoms with E-state index in [1.807, 2.05) is 0 Å². The average molecular weight is 172 g/mol. The summed E-state index contributed by atoms with van der Waals surface area (Å²) < 4.78 is 9.15. The maximum atomic E-state index is 10.7. The van der Waals surface area contributed by atoms with Crippen LogP contribution in [0, 0.1) is 0 Å². The largest absolute Gasteiger partial charge is 0.466 e. The van der Waals surface area contributed by atoms with Gasteiger partial charge in [-0.2, -0.15) is 0 Å². The summed E-state index contributed by atoms with van der Waals surface area (Å²) in [7, 11) is 0. The number of carbonyl (C=O) groups is 2. The summed E-state index contributed by atoms with van der Waals surface area (Å²) in [5, 5.41) is 0. The number of hydrogen-bond donors (Lipinski definition) is 0. The molecule has 0 radical (unpaired) electrons. The monoisotopic (exact) mass is 172 g/mol. The van der Waals surface area contributed by atoms with Gasteiger partial charge >= 0.3 is 11.9 Å². The second-order valence-electron chi connectivity index (χ2n) is 1.93. The molecule has 0 amide bonds.